The Morgan fingerprint density at radius 1 is 0.971 bits per heavy atom. The Hall–Kier alpha value is -1.17. The third kappa shape index (κ3) is 3.87. The first kappa shape index (κ1) is 24.2. The molecule has 4 fully saturated rings. The van der Waals surface area contributed by atoms with E-state index in [9.17, 15) is 9.90 Å². The van der Waals surface area contributed by atoms with Gasteiger partial charge in [0.25, 0.3) is 5.91 Å². The van der Waals surface area contributed by atoms with Crippen molar-refractivity contribution in [2.45, 2.75) is 69.3 Å². The zero-order chi connectivity index (χ0) is 24.3. The smallest absolute Gasteiger partial charge is 0.255 e. The molecule has 6 rings (SSSR count). The molecule has 0 radical (unpaired) electrons. The number of amides is 1. The first-order valence-electron chi connectivity index (χ1n) is 13.6. The van der Waals surface area contributed by atoms with Crippen LogP contribution in [-0.2, 0) is 0 Å². The van der Waals surface area contributed by atoms with E-state index in [2.05, 4.69) is 48.8 Å². The molecule has 1 heterocycles. The number of hydrogen-bond donors (Lipinski definition) is 2. The van der Waals surface area contributed by atoms with E-state index < -0.39 is 0 Å². The lowest BCUT2D eigenvalue weighted by molar-refractivity contribution is -0.0260. The Morgan fingerprint density at radius 2 is 1.71 bits per heavy atom. The summed E-state index contributed by atoms with van der Waals surface area (Å²) in [6, 6.07) is 9.37. The van der Waals surface area contributed by atoms with Gasteiger partial charge in [0.05, 0.1) is 10.7 Å². The molecular weight excluding hydrogens is 470 g/mol. The molecule has 0 aromatic heterocycles. The molecule has 1 aromatic rings. The first-order chi connectivity index (χ1) is 16.9. The van der Waals surface area contributed by atoms with E-state index >= 15 is 0 Å². The highest BCUT2D eigenvalue weighted by Crippen LogP contribution is 2.68. The van der Waals surface area contributed by atoms with E-state index in [1.165, 1.54) is 62.0 Å². The zero-order valence-electron chi connectivity index (χ0n) is 21.1. The largest absolute Gasteiger partial charge is 0.390 e. The number of nitrogens with one attached hydrogen (secondary N) is 1. The number of carbonyl (C=O) groups is 1. The summed E-state index contributed by atoms with van der Waals surface area (Å²) in [5.74, 6) is 4.71. The quantitative estimate of drug-likeness (QED) is 0.440. The molecule has 5 atom stereocenters. The summed E-state index contributed by atoms with van der Waals surface area (Å²) in [6.45, 7) is 4.95. The van der Waals surface area contributed by atoms with Gasteiger partial charge in [0.15, 0.2) is 0 Å². The van der Waals surface area contributed by atoms with E-state index in [-0.39, 0.29) is 17.9 Å². The van der Waals surface area contributed by atoms with Gasteiger partial charge in [0, 0.05) is 22.8 Å². The van der Waals surface area contributed by atoms with Gasteiger partial charge in [-0.15, -0.1) is 23.5 Å². The third-order valence-electron chi connectivity index (χ3n) is 10.5. The normalized spacial score (nSPS) is 38.8. The third-order valence-corrected chi connectivity index (χ3v) is 13.9. The molecule has 2 N–H and O–H groups in total. The fraction of sp³-hybridized carbons (Fsp3) is 0.633. The van der Waals surface area contributed by atoms with Crippen LogP contribution in [0.3, 0.4) is 0 Å². The van der Waals surface area contributed by atoms with Gasteiger partial charge in [-0.2, -0.15) is 0 Å². The second kappa shape index (κ2) is 8.99. The summed E-state index contributed by atoms with van der Waals surface area (Å²) in [6.07, 6.45) is 12.6. The maximum atomic E-state index is 12.9. The second-order valence-corrected chi connectivity index (χ2v) is 15.1. The molecule has 1 amide bonds. The number of fused-ring (bicyclic) bond motifs is 5. The Morgan fingerprint density at radius 3 is 2.46 bits per heavy atom. The van der Waals surface area contributed by atoms with Crippen molar-refractivity contribution in [2.24, 2.45) is 28.6 Å². The lowest BCUT2D eigenvalue weighted by atomic mass is 9.47. The van der Waals surface area contributed by atoms with Gasteiger partial charge in [-0.3, -0.25) is 4.79 Å². The lowest BCUT2D eigenvalue weighted by Crippen LogP contribution is -2.50. The minimum Gasteiger partial charge on any atom is -0.390 e. The highest BCUT2D eigenvalue weighted by atomic mass is 32.2. The summed E-state index contributed by atoms with van der Waals surface area (Å²) in [4.78, 5) is 12.9. The Balaban J connectivity index is 1.26. The fourth-order valence-corrected chi connectivity index (χ4v) is 11.8. The van der Waals surface area contributed by atoms with Crippen LogP contribution >= 0.6 is 23.5 Å². The molecule has 188 valence electrons. The van der Waals surface area contributed by atoms with Gasteiger partial charge in [-0.1, -0.05) is 43.7 Å². The molecule has 1 aromatic carbocycles. The molecule has 1 spiro atoms. The number of thioether (sulfide) groups is 2. The molecule has 4 aliphatic carbocycles. The van der Waals surface area contributed by atoms with Crippen LogP contribution in [0.5, 0.6) is 0 Å². The number of rotatable bonds is 3. The van der Waals surface area contributed by atoms with Crippen LogP contribution in [0.25, 0.3) is 0 Å². The number of allylic oxidation sites excluding steroid dienone is 2. The van der Waals surface area contributed by atoms with E-state index in [1.54, 1.807) is 5.57 Å². The SMILES string of the molecule is C[C@]12CCC3(C=C1CC[C@@H]1[C@@H]2CC[C@]2(C)C(=C(CO)NC(=O)c4ccccc4)CC[C@@H]12)SCCS3. The summed E-state index contributed by atoms with van der Waals surface area (Å²) < 4.78 is 0.376. The molecule has 35 heavy (non-hydrogen) atoms. The number of aliphatic hydroxyl groups excluding tert-OH is 1. The predicted molar refractivity (Wildman–Crippen MR) is 147 cm³/mol. The van der Waals surface area contributed by atoms with Crippen LogP contribution in [0, 0.1) is 28.6 Å². The number of carbonyl (C=O) groups excluding carboxylic acids is 1. The first-order valence-corrected chi connectivity index (χ1v) is 15.6. The molecule has 3 saturated carbocycles. The Bertz CT molecular complexity index is 1060. The summed E-state index contributed by atoms with van der Waals surface area (Å²) in [5, 5.41) is 13.4. The number of aliphatic hydroxyl groups is 1. The van der Waals surface area contributed by atoms with Crippen molar-refractivity contribution >= 4 is 29.4 Å². The lowest BCUT2D eigenvalue weighted by Gasteiger charge is -2.58. The van der Waals surface area contributed by atoms with Gasteiger partial charge in [-0.25, -0.2) is 0 Å². The average molecular weight is 510 g/mol. The summed E-state index contributed by atoms with van der Waals surface area (Å²) >= 11 is 4.39. The number of benzene rings is 1. The molecule has 5 heteroatoms. The predicted octanol–water partition coefficient (Wildman–Crippen LogP) is 6.80. The maximum absolute atomic E-state index is 12.9. The molecular formula is C30H39NO2S2. The highest BCUT2D eigenvalue weighted by molar-refractivity contribution is 8.21. The van der Waals surface area contributed by atoms with E-state index in [1.807, 2.05) is 30.3 Å². The van der Waals surface area contributed by atoms with Crippen molar-refractivity contribution in [3.63, 3.8) is 0 Å². The van der Waals surface area contributed by atoms with Crippen LogP contribution in [0.4, 0.5) is 0 Å². The molecule has 0 bridgehead atoms. The molecule has 3 nitrogen and oxygen atoms in total. The van der Waals surface area contributed by atoms with Crippen LogP contribution in [0.1, 0.15) is 75.6 Å². The molecule has 1 aliphatic heterocycles. The van der Waals surface area contributed by atoms with E-state index in [0.29, 0.717) is 21.0 Å². The highest BCUT2D eigenvalue weighted by Gasteiger charge is 2.59. The molecule has 1 saturated heterocycles. The van der Waals surface area contributed by atoms with Crippen molar-refractivity contribution in [2.75, 3.05) is 18.1 Å². The minimum absolute atomic E-state index is 0.0909. The van der Waals surface area contributed by atoms with Crippen LogP contribution in [0.15, 0.2) is 53.3 Å². The van der Waals surface area contributed by atoms with E-state index in [0.717, 1.165) is 24.0 Å². The Labute approximate surface area is 219 Å². The Kier molecular flexibility index (Phi) is 6.21. The van der Waals surface area contributed by atoms with Crippen molar-refractivity contribution in [1.82, 2.24) is 5.32 Å². The van der Waals surface area contributed by atoms with Crippen LogP contribution < -0.4 is 5.32 Å². The van der Waals surface area contributed by atoms with Gasteiger partial charge in [0.2, 0.25) is 0 Å². The fourth-order valence-electron chi connectivity index (χ4n) is 8.70. The topological polar surface area (TPSA) is 49.3 Å². The molecule has 5 aliphatic rings. The van der Waals surface area contributed by atoms with E-state index in [4.69, 9.17) is 0 Å². The van der Waals surface area contributed by atoms with Crippen LogP contribution in [0.2, 0.25) is 0 Å². The van der Waals surface area contributed by atoms with Crippen LogP contribution in [-0.4, -0.2) is 33.2 Å². The standard InChI is InChI=1S/C30H39NO2S2/c1-28-14-15-30(34-16-17-35-30)18-21(28)8-9-22-23-10-11-25(29(23,2)13-12-24(22)28)26(19-32)31-27(33)20-6-4-3-5-7-20/h3-7,18,22-24,32H,8-17,19H2,1-2H3,(H,31,33)/t22-,23-,24-,28-,29-/m0/s1. The van der Waals surface area contributed by atoms with Gasteiger partial charge < -0.3 is 10.4 Å². The average Bonchev–Trinajstić information content (AvgIpc) is 3.47. The maximum Gasteiger partial charge on any atom is 0.255 e. The summed E-state index contributed by atoms with van der Waals surface area (Å²) in [5.41, 5.74) is 4.97. The van der Waals surface area contributed by atoms with Crippen molar-refractivity contribution in [3.05, 3.63) is 58.8 Å². The number of hydrogen-bond acceptors (Lipinski definition) is 4. The monoisotopic (exact) mass is 509 g/mol. The van der Waals surface area contributed by atoms with Crippen molar-refractivity contribution in [1.29, 1.82) is 0 Å². The van der Waals surface area contributed by atoms with Crippen molar-refractivity contribution in [3.8, 4) is 0 Å². The van der Waals surface area contributed by atoms with Gasteiger partial charge >= 0.3 is 0 Å². The van der Waals surface area contributed by atoms with Crippen molar-refractivity contribution < 1.29 is 9.90 Å². The van der Waals surface area contributed by atoms with Gasteiger partial charge in [0.1, 0.15) is 0 Å². The minimum atomic E-state index is -0.110. The molecule has 0 unspecified atom stereocenters. The second-order valence-electron chi connectivity index (χ2n) is 11.9. The summed E-state index contributed by atoms with van der Waals surface area (Å²) in [7, 11) is 0. The zero-order valence-corrected chi connectivity index (χ0v) is 22.8. The van der Waals surface area contributed by atoms with Gasteiger partial charge in [-0.05, 0) is 97.7 Å².